The van der Waals surface area contributed by atoms with Crippen LogP contribution in [-0.2, 0) is 4.79 Å². The Morgan fingerprint density at radius 1 is 0.919 bits per heavy atom. The number of piperazine rings is 1. The predicted octanol–water partition coefficient (Wildman–Crippen LogP) is 1.68. The average molecular weight is 500 g/mol. The minimum atomic E-state index is -0.390. The third kappa shape index (κ3) is 3.96. The number of carbonyl (C=O) groups is 3. The van der Waals surface area contributed by atoms with Crippen molar-refractivity contribution in [1.82, 2.24) is 34.8 Å². The highest BCUT2D eigenvalue weighted by Gasteiger charge is 2.35. The molecule has 0 spiro atoms. The molecule has 0 saturated carbocycles. The van der Waals surface area contributed by atoms with Gasteiger partial charge in [-0.1, -0.05) is 23.4 Å². The van der Waals surface area contributed by atoms with Gasteiger partial charge in [-0.3, -0.25) is 19.3 Å². The summed E-state index contributed by atoms with van der Waals surface area (Å²) in [7, 11) is 0. The molecule has 0 unspecified atom stereocenters. The van der Waals surface area contributed by atoms with Crippen molar-refractivity contribution in [1.29, 1.82) is 0 Å². The van der Waals surface area contributed by atoms with Gasteiger partial charge in [0, 0.05) is 39.1 Å². The zero-order valence-electron chi connectivity index (χ0n) is 19.6. The summed E-state index contributed by atoms with van der Waals surface area (Å²) in [6, 6.07) is 12.7. The second-order valence-corrected chi connectivity index (χ2v) is 8.78. The Labute approximate surface area is 210 Å². The van der Waals surface area contributed by atoms with Gasteiger partial charge < -0.3 is 9.80 Å². The summed E-state index contributed by atoms with van der Waals surface area (Å²) in [6.07, 6.45) is 1.47. The maximum absolute atomic E-state index is 13.7. The van der Waals surface area contributed by atoms with Gasteiger partial charge in [0.05, 0.1) is 16.8 Å². The Hall–Kier alpha value is -4.74. The highest BCUT2D eigenvalue weighted by atomic mass is 19.1. The molecule has 37 heavy (non-hydrogen) atoms. The Balaban J connectivity index is 1.10. The molecule has 186 valence electrons. The lowest BCUT2D eigenvalue weighted by Crippen LogP contribution is -2.49. The molecule has 4 aromatic rings. The largest absolute Gasteiger partial charge is 0.351 e. The van der Waals surface area contributed by atoms with Gasteiger partial charge in [0.25, 0.3) is 11.8 Å². The van der Waals surface area contributed by atoms with Crippen LogP contribution in [0.2, 0.25) is 0 Å². The van der Waals surface area contributed by atoms with E-state index in [4.69, 9.17) is 0 Å². The van der Waals surface area contributed by atoms with Gasteiger partial charge in [0.15, 0.2) is 17.0 Å². The molecule has 0 bridgehead atoms. The van der Waals surface area contributed by atoms with Crippen LogP contribution in [0.4, 0.5) is 10.2 Å². The van der Waals surface area contributed by atoms with Crippen LogP contribution in [-0.4, -0.2) is 85.2 Å². The average Bonchev–Trinajstić information content (AvgIpc) is 3.47. The van der Waals surface area contributed by atoms with Crippen LogP contribution in [0.15, 0.2) is 54.9 Å². The molecule has 0 N–H and O–H groups in total. The number of nitrogens with zero attached hydrogens (tertiary/aromatic N) is 8. The third-order valence-corrected chi connectivity index (χ3v) is 6.63. The minimum Gasteiger partial charge on any atom is -0.351 e. The fourth-order valence-electron chi connectivity index (χ4n) is 4.73. The van der Waals surface area contributed by atoms with Crippen LogP contribution in [0.5, 0.6) is 0 Å². The molecular formula is C25H21FN8O3. The zero-order valence-corrected chi connectivity index (χ0v) is 19.6. The van der Waals surface area contributed by atoms with Crippen LogP contribution in [0, 0.1) is 5.82 Å². The molecule has 6 rings (SSSR count). The quantitative estimate of drug-likeness (QED) is 0.380. The van der Waals surface area contributed by atoms with E-state index in [-0.39, 0.29) is 36.5 Å². The van der Waals surface area contributed by atoms with E-state index in [2.05, 4.69) is 20.3 Å². The smallest absolute Gasteiger partial charge is 0.261 e. The fourth-order valence-corrected chi connectivity index (χ4v) is 4.73. The molecule has 0 atom stereocenters. The number of hydrogen-bond acceptors (Lipinski definition) is 8. The molecule has 2 aliphatic rings. The second-order valence-electron chi connectivity index (χ2n) is 8.78. The van der Waals surface area contributed by atoms with Gasteiger partial charge in [-0.25, -0.2) is 14.4 Å². The maximum atomic E-state index is 13.7. The Morgan fingerprint density at radius 2 is 1.65 bits per heavy atom. The lowest BCUT2D eigenvalue weighted by molar-refractivity contribution is -0.131. The van der Waals surface area contributed by atoms with Crippen molar-refractivity contribution >= 4 is 34.7 Å². The van der Waals surface area contributed by atoms with Gasteiger partial charge in [-0.2, -0.15) is 4.68 Å². The summed E-state index contributed by atoms with van der Waals surface area (Å²) in [6.45, 7) is 1.96. The van der Waals surface area contributed by atoms with E-state index >= 15 is 0 Å². The zero-order chi connectivity index (χ0) is 25.5. The Bertz CT molecular complexity index is 1510. The lowest BCUT2D eigenvalue weighted by Gasteiger charge is -2.35. The molecule has 1 saturated heterocycles. The first-order chi connectivity index (χ1) is 18.0. The fraction of sp³-hybridized carbons (Fsp3) is 0.240. The third-order valence-electron chi connectivity index (χ3n) is 6.63. The molecule has 0 aliphatic carbocycles. The van der Waals surface area contributed by atoms with Crippen LogP contribution in [0.1, 0.15) is 27.1 Å². The number of carbonyl (C=O) groups excluding carboxylic acids is 3. The highest BCUT2D eigenvalue weighted by molar-refractivity contribution is 6.21. The molecule has 3 amide bonds. The van der Waals surface area contributed by atoms with Crippen molar-refractivity contribution < 1.29 is 18.8 Å². The van der Waals surface area contributed by atoms with Crippen LogP contribution in [0.25, 0.3) is 16.9 Å². The summed E-state index contributed by atoms with van der Waals surface area (Å²) < 4.78 is 15.2. The van der Waals surface area contributed by atoms with Crippen molar-refractivity contribution in [3.8, 4) is 5.69 Å². The molecule has 4 heterocycles. The molecule has 1 fully saturated rings. The van der Waals surface area contributed by atoms with E-state index in [1.165, 1.54) is 23.1 Å². The van der Waals surface area contributed by atoms with E-state index in [0.29, 0.717) is 60.0 Å². The van der Waals surface area contributed by atoms with Crippen LogP contribution in [0.3, 0.4) is 0 Å². The van der Waals surface area contributed by atoms with Crippen molar-refractivity contribution in [3.63, 3.8) is 0 Å². The van der Waals surface area contributed by atoms with Crippen molar-refractivity contribution in [2.24, 2.45) is 0 Å². The Morgan fingerprint density at radius 3 is 2.35 bits per heavy atom. The normalized spacial score (nSPS) is 15.5. The van der Waals surface area contributed by atoms with Crippen molar-refractivity contribution in [3.05, 3.63) is 71.8 Å². The van der Waals surface area contributed by atoms with Crippen molar-refractivity contribution in [2.45, 2.75) is 6.42 Å². The first kappa shape index (κ1) is 22.7. The van der Waals surface area contributed by atoms with E-state index < -0.39 is 0 Å². The van der Waals surface area contributed by atoms with E-state index in [9.17, 15) is 18.8 Å². The molecular weight excluding hydrogens is 479 g/mol. The van der Waals surface area contributed by atoms with Crippen molar-refractivity contribution in [2.75, 3.05) is 37.6 Å². The first-order valence-corrected chi connectivity index (χ1v) is 11.8. The van der Waals surface area contributed by atoms with Gasteiger partial charge in [0.2, 0.25) is 5.91 Å². The van der Waals surface area contributed by atoms with E-state index in [1.807, 2.05) is 4.90 Å². The van der Waals surface area contributed by atoms with E-state index in [0.717, 1.165) is 4.90 Å². The minimum absolute atomic E-state index is 0.0428. The number of benzene rings is 2. The first-order valence-electron chi connectivity index (χ1n) is 11.8. The van der Waals surface area contributed by atoms with Crippen LogP contribution >= 0.6 is 0 Å². The van der Waals surface area contributed by atoms with E-state index in [1.54, 1.807) is 41.3 Å². The SMILES string of the molecule is O=C(CCN1C(=O)c2ccccc2C1=O)N1CCN(c2ncnc3c2nnn3-c2cccc(F)c2)CC1. The van der Waals surface area contributed by atoms with Gasteiger partial charge in [-0.15, -0.1) is 5.10 Å². The molecule has 2 aromatic carbocycles. The summed E-state index contributed by atoms with van der Waals surface area (Å²) in [5.74, 6) is -0.652. The Kier molecular flexibility index (Phi) is 5.55. The molecule has 2 aromatic heterocycles. The van der Waals surface area contributed by atoms with Crippen LogP contribution < -0.4 is 4.90 Å². The number of rotatable bonds is 5. The van der Waals surface area contributed by atoms with Gasteiger partial charge in [0.1, 0.15) is 12.1 Å². The topological polar surface area (TPSA) is 117 Å². The molecule has 11 nitrogen and oxygen atoms in total. The second kappa shape index (κ2) is 9.04. The number of halogens is 1. The number of imide groups is 1. The number of hydrogen-bond donors (Lipinski definition) is 0. The maximum Gasteiger partial charge on any atom is 0.261 e. The highest BCUT2D eigenvalue weighted by Crippen LogP contribution is 2.25. The molecule has 0 radical (unpaired) electrons. The number of fused-ring (bicyclic) bond motifs is 2. The standard InChI is InChI=1S/C25H21FN8O3/c26-16-4-3-5-17(14-16)34-23-21(29-30-34)22(27-15-28-23)32-12-10-31(11-13-32)20(35)8-9-33-24(36)18-6-1-2-7-19(18)25(33)37/h1-7,14-15H,8-13H2. The number of anilines is 1. The van der Waals surface area contributed by atoms with Gasteiger partial charge in [-0.05, 0) is 30.3 Å². The summed E-state index contributed by atoms with van der Waals surface area (Å²) in [5, 5.41) is 8.37. The number of amides is 3. The molecule has 12 heteroatoms. The summed E-state index contributed by atoms with van der Waals surface area (Å²) in [5.41, 5.74) is 2.19. The predicted molar refractivity (Wildman–Crippen MR) is 130 cm³/mol. The lowest BCUT2D eigenvalue weighted by atomic mass is 10.1. The summed E-state index contributed by atoms with van der Waals surface area (Å²) in [4.78, 5) is 51.5. The molecule has 2 aliphatic heterocycles. The monoisotopic (exact) mass is 500 g/mol. The summed E-state index contributed by atoms with van der Waals surface area (Å²) >= 11 is 0. The van der Waals surface area contributed by atoms with Gasteiger partial charge >= 0.3 is 0 Å². The number of aromatic nitrogens is 5.